The van der Waals surface area contributed by atoms with Crippen LogP contribution in [0.5, 0.6) is 0 Å². The summed E-state index contributed by atoms with van der Waals surface area (Å²) in [7, 11) is 0. The summed E-state index contributed by atoms with van der Waals surface area (Å²) in [6, 6.07) is 10.2. The second-order valence-corrected chi connectivity index (χ2v) is 10.7. The van der Waals surface area contributed by atoms with Crippen LogP contribution in [-0.2, 0) is 11.3 Å². The van der Waals surface area contributed by atoms with E-state index in [-0.39, 0.29) is 11.7 Å². The van der Waals surface area contributed by atoms with Crippen LogP contribution in [0.3, 0.4) is 0 Å². The molecule has 31 heavy (non-hydrogen) atoms. The van der Waals surface area contributed by atoms with Crippen LogP contribution in [0.1, 0.15) is 44.7 Å². The first-order valence-corrected chi connectivity index (χ1v) is 11.5. The highest BCUT2D eigenvalue weighted by molar-refractivity contribution is 5.87. The van der Waals surface area contributed by atoms with Gasteiger partial charge < -0.3 is 9.88 Å². The minimum absolute atomic E-state index is 0.0971. The topological polar surface area (TPSA) is 34.0 Å². The minimum atomic E-state index is -0.257. The van der Waals surface area contributed by atoms with Crippen LogP contribution in [-0.4, -0.2) is 10.5 Å². The highest BCUT2D eigenvalue weighted by atomic mass is 19.1. The molecule has 0 radical (unpaired) electrons. The summed E-state index contributed by atoms with van der Waals surface area (Å²) < 4.78 is 15.1. The van der Waals surface area contributed by atoms with E-state index in [9.17, 15) is 9.18 Å². The van der Waals surface area contributed by atoms with Gasteiger partial charge in [0.1, 0.15) is 5.82 Å². The summed E-state index contributed by atoms with van der Waals surface area (Å²) in [5.41, 5.74) is 3.40. The van der Waals surface area contributed by atoms with Gasteiger partial charge in [0, 0.05) is 23.7 Å². The number of nitrogens with zero attached hydrogens (tertiary/aromatic N) is 1. The second-order valence-electron chi connectivity index (χ2n) is 10.7. The molecule has 4 heteroatoms. The molecule has 160 valence electrons. The number of benzene rings is 1. The van der Waals surface area contributed by atoms with Gasteiger partial charge in [-0.3, -0.25) is 4.79 Å². The van der Waals surface area contributed by atoms with Crippen molar-refractivity contribution in [3.05, 3.63) is 78.4 Å². The fourth-order valence-electron chi connectivity index (χ4n) is 8.07. The third-order valence-corrected chi connectivity index (χ3v) is 8.92. The van der Waals surface area contributed by atoms with E-state index in [2.05, 4.69) is 24.4 Å². The van der Waals surface area contributed by atoms with E-state index in [4.69, 9.17) is 0 Å². The van der Waals surface area contributed by atoms with Gasteiger partial charge in [0.25, 0.3) is 0 Å². The third kappa shape index (κ3) is 2.66. The first-order chi connectivity index (χ1) is 14.9. The number of nitrogens with one attached hydrogen (secondary N) is 1. The molecular formula is C27H29FN2O. The summed E-state index contributed by atoms with van der Waals surface area (Å²) in [6.07, 6.45) is 17.0. The molecule has 4 fully saturated rings. The van der Waals surface area contributed by atoms with E-state index in [1.165, 1.54) is 44.2 Å². The van der Waals surface area contributed by atoms with Crippen molar-refractivity contribution in [2.75, 3.05) is 0 Å². The van der Waals surface area contributed by atoms with E-state index in [0.717, 1.165) is 23.2 Å². The lowest BCUT2D eigenvalue weighted by Crippen LogP contribution is -2.65. The van der Waals surface area contributed by atoms with Crippen LogP contribution in [0.2, 0.25) is 0 Å². The number of hydrogen-bond donors (Lipinski definition) is 1. The fraction of sp³-hybridized carbons (Fsp3) is 0.444. The molecule has 1 aromatic carbocycles. The molecule has 1 spiro atoms. The number of amides is 1. The summed E-state index contributed by atoms with van der Waals surface area (Å²) in [6.45, 7) is 2.92. The molecular weight excluding hydrogens is 387 g/mol. The first kappa shape index (κ1) is 19.1. The van der Waals surface area contributed by atoms with E-state index in [1.54, 1.807) is 18.2 Å². The van der Waals surface area contributed by atoms with Gasteiger partial charge in [-0.25, -0.2) is 4.39 Å². The van der Waals surface area contributed by atoms with Gasteiger partial charge in [-0.2, -0.15) is 0 Å². The Kier molecular flexibility index (Phi) is 3.97. The Hall–Kier alpha value is -2.62. The van der Waals surface area contributed by atoms with Gasteiger partial charge >= 0.3 is 0 Å². The molecule has 4 aliphatic carbocycles. The average Bonchev–Trinajstić information content (AvgIpc) is 3.37. The average molecular weight is 417 g/mol. The number of carbonyl (C=O) groups excluding carboxylic acids is 1. The number of rotatable bonds is 6. The third-order valence-electron chi connectivity index (χ3n) is 8.92. The van der Waals surface area contributed by atoms with E-state index in [0.29, 0.717) is 22.8 Å². The molecule has 1 amide bonds. The molecule has 1 N–H and O–H groups in total. The van der Waals surface area contributed by atoms with E-state index in [1.807, 2.05) is 29.0 Å². The van der Waals surface area contributed by atoms with Crippen LogP contribution >= 0.6 is 0 Å². The highest BCUT2D eigenvalue weighted by Crippen LogP contribution is 2.89. The lowest BCUT2D eigenvalue weighted by molar-refractivity contribution is -0.220. The number of carbonyl (C=O) groups is 1. The molecule has 3 nitrogen and oxygen atoms in total. The molecule has 4 saturated carbocycles. The van der Waals surface area contributed by atoms with Crippen molar-refractivity contribution in [1.82, 2.24) is 9.88 Å². The summed E-state index contributed by atoms with van der Waals surface area (Å²) in [5.74, 6) is 1.57. The maximum absolute atomic E-state index is 13.2. The molecule has 0 saturated heterocycles. The number of halogens is 1. The second kappa shape index (κ2) is 6.44. The van der Waals surface area contributed by atoms with Gasteiger partial charge in [0.15, 0.2) is 0 Å². The zero-order chi connectivity index (χ0) is 21.3. The van der Waals surface area contributed by atoms with Gasteiger partial charge in [0.2, 0.25) is 5.91 Å². The van der Waals surface area contributed by atoms with Crippen molar-refractivity contribution in [2.24, 2.45) is 28.1 Å². The predicted octanol–water partition coefficient (Wildman–Crippen LogP) is 5.56. The summed E-state index contributed by atoms with van der Waals surface area (Å²) in [4.78, 5) is 12.3. The Bertz CT molecular complexity index is 1100. The minimum Gasteiger partial charge on any atom is -0.347 e. The maximum Gasteiger partial charge on any atom is 0.244 e. The van der Waals surface area contributed by atoms with Crippen molar-refractivity contribution in [2.45, 2.75) is 45.6 Å². The zero-order valence-electron chi connectivity index (χ0n) is 18.0. The number of fused-ring (bicyclic) bond motifs is 1. The van der Waals surface area contributed by atoms with Gasteiger partial charge in [0.05, 0.1) is 6.54 Å². The molecule has 5 atom stereocenters. The van der Waals surface area contributed by atoms with Gasteiger partial charge in [-0.15, -0.1) is 0 Å². The maximum atomic E-state index is 13.2. The molecule has 5 unspecified atom stereocenters. The fourth-order valence-corrected chi connectivity index (χ4v) is 8.07. The normalized spacial score (nSPS) is 37.1. The first-order valence-electron chi connectivity index (χ1n) is 11.5. The highest BCUT2D eigenvalue weighted by Gasteiger charge is 2.81. The largest absolute Gasteiger partial charge is 0.347 e. The molecule has 0 aliphatic heterocycles. The molecule has 1 heterocycles. The summed E-state index contributed by atoms with van der Waals surface area (Å²) >= 11 is 0. The van der Waals surface area contributed by atoms with E-state index < -0.39 is 0 Å². The monoisotopic (exact) mass is 416 g/mol. The Morgan fingerprint density at radius 1 is 1.16 bits per heavy atom. The van der Waals surface area contributed by atoms with Crippen molar-refractivity contribution in [3.8, 4) is 5.69 Å². The van der Waals surface area contributed by atoms with Crippen molar-refractivity contribution < 1.29 is 9.18 Å². The zero-order valence-corrected chi connectivity index (χ0v) is 18.0. The molecule has 4 aliphatic rings. The van der Waals surface area contributed by atoms with Crippen LogP contribution in [0.4, 0.5) is 4.39 Å². The molecule has 1 aromatic heterocycles. The number of hydrogen-bond acceptors (Lipinski definition) is 1. The van der Waals surface area contributed by atoms with E-state index >= 15 is 0 Å². The molecule has 2 bridgehead atoms. The Balaban J connectivity index is 1.07. The van der Waals surface area contributed by atoms with Crippen LogP contribution in [0.15, 0.2) is 66.9 Å². The molecule has 6 rings (SSSR count). The Morgan fingerprint density at radius 2 is 1.97 bits per heavy atom. The summed E-state index contributed by atoms with van der Waals surface area (Å²) in [5, 5.41) is 2.96. The lowest BCUT2D eigenvalue weighted by atomic mass is 9.32. The number of aromatic nitrogens is 1. The standard InChI is InChI=1S/C27H29FN2O/c1-25-14-19-13-20-15-26(17-25,27(19,20)18-25)11-3-2-6-24(31)29-16-23-5-4-12-30(23)22-9-7-21(28)8-10-22/h2-12,19-20H,13-18H2,1H3,(H,29,31)/b6-2+,11-3+. The number of allylic oxidation sites excluding steroid dienone is 3. The van der Waals surface area contributed by atoms with Crippen molar-refractivity contribution in [1.29, 1.82) is 0 Å². The smallest absolute Gasteiger partial charge is 0.244 e. The molecule has 2 aromatic rings. The SMILES string of the molecule is CC12CC3CC4CC(/C=C/C=C/C(=O)NCc5cccn5-c5ccc(F)cc5)(C1)C34C2. The lowest BCUT2D eigenvalue weighted by Gasteiger charge is -2.72. The van der Waals surface area contributed by atoms with Crippen LogP contribution in [0, 0.1) is 33.9 Å². The van der Waals surface area contributed by atoms with Crippen LogP contribution < -0.4 is 5.32 Å². The Morgan fingerprint density at radius 3 is 2.74 bits per heavy atom. The van der Waals surface area contributed by atoms with Crippen molar-refractivity contribution >= 4 is 5.91 Å². The van der Waals surface area contributed by atoms with Crippen molar-refractivity contribution in [3.63, 3.8) is 0 Å². The quantitative estimate of drug-likeness (QED) is 0.485. The van der Waals surface area contributed by atoms with Crippen LogP contribution in [0.25, 0.3) is 5.69 Å². The van der Waals surface area contributed by atoms with Gasteiger partial charge in [-0.05, 0) is 96.6 Å². The van der Waals surface area contributed by atoms with Gasteiger partial charge in [-0.1, -0.05) is 25.2 Å². The Labute approximate surface area is 183 Å². The predicted molar refractivity (Wildman–Crippen MR) is 119 cm³/mol.